The van der Waals surface area contributed by atoms with Gasteiger partial charge < -0.3 is 4.74 Å². The van der Waals surface area contributed by atoms with Gasteiger partial charge in [-0.2, -0.15) is 0 Å². The highest BCUT2D eigenvalue weighted by atomic mass is 32.2. The average Bonchev–Trinajstić information content (AvgIpc) is 2.88. The molecule has 2 rings (SSSR count). The van der Waals surface area contributed by atoms with E-state index >= 15 is 0 Å². The van der Waals surface area contributed by atoms with Crippen molar-refractivity contribution in [3.63, 3.8) is 0 Å². The summed E-state index contributed by atoms with van der Waals surface area (Å²) in [6.45, 7) is 6.48. The fourth-order valence-electron chi connectivity index (χ4n) is 1.75. The van der Waals surface area contributed by atoms with Crippen LogP contribution in [-0.4, -0.2) is 33.1 Å². The van der Waals surface area contributed by atoms with E-state index in [0.29, 0.717) is 13.2 Å². The molecule has 22 heavy (non-hydrogen) atoms. The molecule has 1 saturated heterocycles. The van der Waals surface area contributed by atoms with Crippen LogP contribution < -0.4 is 4.72 Å². The van der Waals surface area contributed by atoms with Crippen molar-refractivity contribution in [2.75, 3.05) is 13.2 Å². The van der Waals surface area contributed by atoms with E-state index in [9.17, 15) is 9.00 Å². The molecular weight excluding hydrogens is 300 g/mol. The second-order valence-electron chi connectivity index (χ2n) is 5.86. The number of amides is 1. The molecule has 1 amide bonds. The summed E-state index contributed by atoms with van der Waals surface area (Å²) in [7, 11) is -1.27. The third-order valence-electron chi connectivity index (χ3n) is 3.02. The first-order chi connectivity index (χ1) is 10.4. The highest BCUT2D eigenvalue weighted by Gasteiger charge is 2.24. The Kier molecular flexibility index (Phi) is 5.22. The van der Waals surface area contributed by atoms with E-state index in [0.717, 1.165) is 5.56 Å². The molecular formula is C16H20N2O3S. The first kappa shape index (κ1) is 16.5. The second kappa shape index (κ2) is 6.95. The Balaban J connectivity index is 2.21. The predicted molar refractivity (Wildman–Crippen MR) is 86.0 cm³/mol. The quantitative estimate of drug-likeness (QED) is 0.869. The fourth-order valence-corrected chi connectivity index (χ4v) is 2.51. The van der Waals surface area contributed by atoms with Crippen LogP contribution in [0.15, 0.2) is 30.3 Å². The van der Waals surface area contributed by atoms with Crippen molar-refractivity contribution in [2.45, 2.75) is 31.6 Å². The molecule has 1 N–H and O–H groups in total. The molecule has 5 nitrogen and oxygen atoms in total. The molecule has 1 fully saturated rings. The fraction of sp³-hybridized carbons (Fsp3) is 0.438. The molecule has 118 valence electrons. The van der Waals surface area contributed by atoms with Gasteiger partial charge in [0.05, 0.1) is 22.3 Å². The standard InChI is InChI=1S/C16H20N2O3S/c1-16(2,3)22(20)17-14(13-7-5-4-6-8-13)9-10-18-11-12-21-15(18)19/h4-8,14,17H,11-12H2,1-3H3/t14-,22-/m0/s1. The smallest absolute Gasteiger partial charge is 0.421 e. The van der Waals surface area contributed by atoms with Crippen LogP contribution in [0.5, 0.6) is 0 Å². The largest absolute Gasteiger partial charge is 0.447 e. The molecule has 0 aromatic heterocycles. The van der Waals surface area contributed by atoms with Gasteiger partial charge in [0.15, 0.2) is 0 Å². The summed E-state index contributed by atoms with van der Waals surface area (Å²) in [4.78, 5) is 12.8. The first-order valence-electron chi connectivity index (χ1n) is 7.06. The Morgan fingerprint density at radius 1 is 1.32 bits per heavy atom. The summed E-state index contributed by atoms with van der Waals surface area (Å²) in [6, 6.07) is 11.9. The van der Waals surface area contributed by atoms with Gasteiger partial charge in [0.25, 0.3) is 0 Å². The summed E-state index contributed by atoms with van der Waals surface area (Å²) in [6.07, 6.45) is -0.434. The Hall–Kier alpha value is -1.84. The Morgan fingerprint density at radius 2 is 2.00 bits per heavy atom. The van der Waals surface area contributed by atoms with Crippen LogP contribution >= 0.6 is 0 Å². The van der Waals surface area contributed by atoms with Crippen LogP contribution in [0.4, 0.5) is 4.79 Å². The zero-order valence-electron chi connectivity index (χ0n) is 13.0. The molecule has 0 radical (unpaired) electrons. The lowest BCUT2D eigenvalue weighted by atomic mass is 10.1. The number of benzene rings is 1. The molecule has 1 aliphatic heterocycles. The SMILES string of the molecule is CC(C)(C)[S@](=O)N[C@@H](C#CN1CCOC1=O)c1ccccc1. The summed E-state index contributed by atoms with van der Waals surface area (Å²) < 4.78 is 19.8. The zero-order chi connectivity index (χ0) is 16.2. The van der Waals surface area contributed by atoms with Crippen molar-refractivity contribution in [1.82, 2.24) is 9.62 Å². The molecule has 0 spiro atoms. The Morgan fingerprint density at radius 3 is 2.55 bits per heavy atom. The minimum Gasteiger partial charge on any atom is -0.447 e. The number of nitrogens with zero attached hydrogens (tertiary/aromatic N) is 1. The third-order valence-corrected chi connectivity index (χ3v) is 4.58. The maximum absolute atomic E-state index is 12.3. The van der Waals surface area contributed by atoms with Crippen molar-refractivity contribution in [1.29, 1.82) is 0 Å². The van der Waals surface area contributed by atoms with Gasteiger partial charge in [-0.25, -0.2) is 18.6 Å². The van der Waals surface area contributed by atoms with Crippen LogP contribution in [-0.2, 0) is 15.7 Å². The zero-order valence-corrected chi connectivity index (χ0v) is 13.8. The highest BCUT2D eigenvalue weighted by molar-refractivity contribution is 7.84. The van der Waals surface area contributed by atoms with Gasteiger partial charge in [0.2, 0.25) is 0 Å². The van der Waals surface area contributed by atoms with Crippen LogP contribution in [0.3, 0.4) is 0 Å². The van der Waals surface area contributed by atoms with Crippen molar-refractivity contribution >= 4 is 17.1 Å². The van der Waals surface area contributed by atoms with Gasteiger partial charge >= 0.3 is 6.09 Å². The summed E-state index contributed by atoms with van der Waals surface area (Å²) in [5, 5.41) is 0. The van der Waals surface area contributed by atoms with Gasteiger partial charge in [-0.15, -0.1) is 0 Å². The van der Waals surface area contributed by atoms with Gasteiger partial charge in [-0.1, -0.05) is 36.3 Å². The van der Waals surface area contributed by atoms with E-state index in [-0.39, 0.29) is 0 Å². The topological polar surface area (TPSA) is 58.6 Å². The molecule has 1 heterocycles. The number of rotatable bonds is 3. The van der Waals surface area contributed by atoms with E-state index in [1.54, 1.807) is 0 Å². The lowest BCUT2D eigenvalue weighted by molar-refractivity contribution is 0.167. The van der Waals surface area contributed by atoms with E-state index in [1.807, 2.05) is 51.1 Å². The lowest BCUT2D eigenvalue weighted by Crippen LogP contribution is -2.35. The lowest BCUT2D eigenvalue weighted by Gasteiger charge is -2.21. The molecule has 1 aliphatic rings. The first-order valence-corrected chi connectivity index (χ1v) is 8.21. The molecule has 1 aromatic rings. The molecule has 6 heteroatoms. The molecule has 0 aliphatic carbocycles. The van der Waals surface area contributed by atoms with Crippen LogP contribution in [0.1, 0.15) is 32.4 Å². The predicted octanol–water partition coefficient (Wildman–Crippen LogP) is 2.19. The number of carbonyl (C=O) groups excluding carboxylic acids is 1. The van der Waals surface area contributed by atoms with Gasteiger partial charge in [0, 0.05) is 6.04 Å². The third kappa shape index (κ3) is 4.33. The molecule has 1 aromatic carbocycles. The minimum atomic E-state index is -1.27. The van der Waals surface area contributed by atoms with Crippen molar-refractivity contribution < 1.29 is 13.7 Å². The van der Waals surface area contributed by atoms with Crippen LogP contribution in [0.25, 0.3) is 0 Å². The minimum absolute atomic E-state index is 0.352. The van der Waals surface area contributed by atoms with Crippen molar-refractivity contribution in [2.24, 2.45) is 0 Å². The monoisotopic (exact) mass is 320 g/mol. The summed E-state index contributed by atoms with van der Waals surface area (Å²) in [5.74, 6) is 2.98. The number of nitrogens with one attached hydrogen (secondary N) is 1. The second-order valence-corrected chi connectivity index (χ2v) is 7.86. The van der Waals surface area contributed by atoms with E-state index in [4.69, 9.17) is 4.74 Å². The van der Waals surface area contributed by atoms with E-state index in [2.05, 4.69) is 16.7 Å². The van der Waals surface area contributed by atoms with Crippen LogP contribution in [0.2, 0.25) is 0 Å². The number of ether oxygens (including phenoxy) is 1. The number of hydrogen-bond acceptors (Lipinski definition) is 3. The molecule has 0 saturated carbocycles. The summed E-state index contributed by atoms with van der Waals surface area (Å²) in [5.41, 5.74) is 0.903. The maximum Gasteiger partial charge on any atom is 0.421 e. The normalized spacial score (nSPS) is 17.4. The number of carbonyl (C=O) groups is 1. The molecule has 0 bridgehead atoms. The number of hydrogen-bond donors (Lipinski definition) is 1. The average molecular weight is 320 g/mol. The van der Waals surface area contributed by atoms with Crippen molar-refractivity contribution in [3.8, 4) is 12.0 Å². The molecule has 2 atom stereocenters. The van der Waals surface area contributed by atoms with Crippen molar-refractivity contribution in [3.05, 3.63) is 35.9 Å². The van der Waals surface area contributed by atoms with Gasteiger partial charge in [-0.05, 0) is 26.3 Å². The summed E-state index contributed by atoms with van der Waals surface area (Å²) >= 11 is 0. The highest BCUT2D eigenvalue weighted by Crippen LogP contribution is 2.17. The number of cyclic esters (lactones) is 1. The van der Waals surface area contributed by atoms with E-state index < -0.39 is 27.9 Å². The Labute approximate surface area is 133 Å². The Bertz CT molecular complexity index is 614. The van der Waals surface area contributed by atoms with Crippen LogP contribution in [0, 0.1) is 12.0 Å². The van der Waals surface area contributed by atoms with E-state index in [1.165, 1.54) is 4.90 Å². The van der Waals surface area contributed by atoms with Gasteiger partial charge in [0.1, 0.15) is 12.6 Å². The van der Waals surface area contributed by atoms with Gasteiger partial charge in [-0.3, -0.25) is 0 Å². The maximum atomic E-state index is 12.3. The molecule has 0 unspecified atom stereocenters.